The molecule has 0 aliphatic rings. The molecule has 5 nitrogen and oxygen atoms in total. The van der Waals surface area contributed by atoms with Crippen LogP contribution in [0.1, 0.15) is 41.5 Å². The van der Waals surface area contributed by atoms with Crippen LogP contribution in [0.15, 0.2) is 60.7 Å². The number of hydrogen-bond donors (Lipinski definition) is 2. The van der Waals surface area contributed by atoms with Gasteiger partial charge >= 0.3 is 6.09 Å². The van der Waals surface area contributed by atoms with E-state index in [0.29, 0.717) is 0 Å². The van der Waals surface area contributed by atoms with Gasteiger partial charge in [0.1, 0.15) is 19.8 Å². The van der Waals surface area contributed by atoms with Crippen LogP contribution in [0.4, 0.5) is 4.79 Å². The normalized spacial score (nSPS) is 14.3. The second kappa shape index (κ2) is 11.8. The maximum absolute atomic E-state index is 12.7. The summed E-state index contributed by atoms with van der Waals surface area (Å²) in [6.45, 7) is 18.2. The molecule has 196 valence electrons. The summed E-state index contributed by atoms with van der Waals surface area (Å²) in [7, 11) is -4.76. The predicted molar refractivity (Wildman–Crippen MR) is 154 cm³/mol. The fourth-order valence-electron chi connectivity index (χ4n) is 4.06. The Morgan fingerprint density at radius 1 is 0.917 bits per heavy atom. The van der Waals surface area contributed by atoms with Crippen molar-refractivity contribution in [2.45, 2.75) is 84.0 Å². The van der Waals surface area contributed by atoms with Crippen LogP contribution in [-0.4, -0.2) is 51.9 Å². The molecule has 0 saturated heterocycles. The fraction of sp³-hybridized carbons (Fsp3) is 0.483. The molecule has 2 N–H and O–H groups in total. The Bertz CT molecular complexity index is 1000. The molecule has 0 aromatic heterocycles. The molecule has 2 atom stereocenters. The molecule has 0 fully saturated rings. The number of carbonyl (C=O) groups excluding carboxylic acids is 1. The quantitative estimate of drug-likeness (QED) is 0.406. The zero-order valence-corrected chi connectivity index (χ0v) is 25.3. The first kappa shape index (κ1) is 29.9. The van der Waals surface area contributed by atoms with Crippen LogP contribution in [-0.2, 0) is 9.16 Å². The van der Waals surface area contributed by atoms with Crippen LogP contribution in [0.5, 0.6) is 0 Å². The Morgan fingerprint density at radius 3 is 1.75 bits per heavy atom. The van der Waals surface area contributed by atoms with Gasteiger partial charge in [-0.05, 0) is 36.2 Å². The summed E-state index contributed by atoms with van der Waals surface area (Å²) in [6.07, 6.45) is -1.34. The highest BCUT2D eigenvalue weighted by atomic mass is 28.4. The van der Waals surface area contributed by atoms with E-state index in [1.165, 1.54) is 0 Å². The first-order chi connectivity index (χ1) is 16.6. The molecule has 2 aromatic carbocycles. The molecular weight excluding hydrogens is 482 g/mol. The van der Waals surface area contributed by atoms with Gasteiger partial charge in [0.15, 0.2) is 0 Å². The summed E-state index contributed by atoms with van der Waals surface area (Å²) >= 11 is 0. The number of ether oxygens (including phenoxy) is 1. The van der Waals surface area contributed by atoms with Crippen LogP contribution in [0.25, 0.3) is 0 Å². The third kappa shape index (κ3) is 8.07. The fourth-order valence-corrected chi connectivity index (χ4v) is 9.25. The standard InChI is InChI=1S/C29H43NO4Si2/c1-28(2,3)33-27(32)30-25(22-31)26(20-21-35(7,8)9)34-36(29(4,5)6,23-16-12-10-13-17-23)24-18-14-11-15-19-24/h10-19,25-26,31H,22H2,1-9H3,(H,30,32)/t25-,26-/m1/s1. The van der Waals surface area contributed by atoms with Gasteiger partial charge in [-0.25, -0.2) is 4.79 Å². The SMILES string of the molecule is CC(C)(C)OC(=O)N[C@H](CO)[C@@H](C#C[Si](C)(C)C)O[Si](c1ccccc1)(c1ccccc1)C(C)(C)C. The van der Waals surface area contributed by atoms with E-state index >= 15 is 0 Å². The molecule has 2 aromatic rings. The third-order valence-electron chi connectivity index (χ3n) is 5.57. The summed E-state index contributed by atoms with van der Waals surface area (Å²) in [5.74, 6) is 3.34. The Labute approximate surface area is 219 Å². The largest absolute Gasteiger partial charge is 0.444 e. The van der Waals surface area contributed by atoms with E-state index < -0.39 is 40.2 Å². The Hall–Kier alpha value is -2.38. The van der Waals surface area contributed by atoms with Gasteiger partial charge < -0.3 is 19.6 Å². The summed E-state index contributed by atoms with van der Waals surface area (Å²) in [5, 5.41) is 15.2. The Morgan fingerprint density at radius 2 is 1.39 bits per heavy atom. The minimum absolute atomic E-state index is 0.277. The van der Waals surface area contributed by atoms with Gasteiger partial charge in [-0.2, -0.15) is 0 Å². The van der Waals surface area contributed by atoms with Gasteiger partial charge in [-0.15, -0.1) is 5.54 Å². The van der Waals surface area contributed by atoms with Crippen molar-refractivity contribution in [1.82, 2.24) is 5.32 Å². The molecule has 0 heterocycles. The summed E-state index contributed by atoms with van der Waals surface area (Å²) in [5.41, 5.74) is 2.75. The number of rotatable bonds is 7. The van der Waals surface area contributed by atoms with Gasteiger partial charge in [0.25, 0.3) is 8.32 Å². The Balaban J connectivity index is 2.70. The van der Waals surface area contributed by atoms with Crippen LogP contribution in [0.3, 0.4) is 0 Å². The number of carbonyl (C=O) groups is 1. The highest BCUT2D eigenvalue weighted by molar-refractivity contribution is 6.99. The average molecular weight is 526 g/mol. The van der Waals surface area contributed by atoms with Gasteiger partial charge in [0.2, 0.25) is 0 Å². The molecule has 0 radical (unpaired) electrons. The zero-order valence-electron chi connectivity index (χ0n) is 23.3. The molecule has 0 aliphatic carbocycles. The van der Waals surface area contributed by atoms with Crippen molar-refractivity contribution in [3.05, 3.63) is 60.7 Å². The van der Waals surface area contributed by atoms with E-state index in [-0.39, 0.29) is 11.6 Å². The molecule has 0 spiro atoms. The van der Waals surface area contributed by atoms with Crippen LogP contribution >= 0.6 is 0 Å². The van der Waals surface area contributed by atoms with Gasteiger partial charge in [0, 0.05) is 0 Å². The van der Waals surface area contributed by atoms with Gasteiger partial charge in [-0.1, -0.05) is 107 Å². The van der Waals surface area contributed by atoms with E-state index in [9.17, 15) is 9.90 Å². The lowest BCUT2D eigenvalue weighted by atomic mass is 10.2. The van der Waals surface area contributed by atoms with E-state index in [2.05, 4.69) is 81.5 Å². The number of alkyl carbamates (subject to hydrolysis) is 1. The molecule has 0 aliphatic heterocycles. The Kier molecular flexibility index (Phi) is 9.77. The number of benzene rings is 2. The van der Waals surface area contributed by atoms with Crippen molar-refractivity contribution in [3.8, 4) is 11.5 Å². The monoisotopic (exact) mass is 525 g/mol. The van der Waals surface area contributed by atoms with E-state index in [0.717, 1.165) is 10.4 Å². The molecule has 0 unspecified atom stereocenters. The molecular formula is C29H43NO4Si2. The van der Waals surface area contributed by atoms with Gasteiger partial charge in [0.05, 0.1) is 12.6 Å². The minimum atomic E-state index is -2.98. The number of amides is 1. The van der Waals surface area contributed by atoms with Crippen molar-refractivity contribution in [1.29, 1.82) is 0 Å². The highest BCUT2D eigenvalue weighted by Gasteiger charge is 2.52. The van der Waals surface area contributed by atoms with E-state index in [1.54, 1.807) is 0 Å². The highest BCUT2D eigenvalue weighted by Crippen LogP contribution is 2.37. The van der Waals surface area contributed by atoms with Crippen LogP contribution in [0, 0.1) is 11.5 Å². The smallest absolute Gasteiger partial charge is 0.408 e. The van der Waals surface area contributed by atoms with Gasteiger partial charge in [-0.3, -0.25) is 0 Å². The van der Waals surface area contributed by atoms with Crippen molar-refractivity contribution in [3.63, 3.8) is 0 Å². The molecule has 2 rings (SSSR count). The van der Waals surface area contributed by atoms with Crippen molar-refractivity contribution in [2.24, 2.45) is 0 Å². The van der Waals surface area contributed by atoms with Crippen LogP contribution < -0.4 is 15.7 Å². The molecule has 36 heavy (non-hydrogen) atoms. The maximum Gasteiger partial charge on any atom is 0.408 e. The van der Waals surface area contributed by atoms with Crippen LogP contribution in [0.2, 0.25) is 24.7 Å². The third-order valence-corrected chi connectivity index (χ3v) is 11.5. The molecule has 0 saturated carbocycles. The molecule has 0 bridgehead atoms. The number of nitrogens with one attached hydrogen (secondary N) is 1. The lowest BCUT2D eigenvalue weighted by Crippen LogP contribution is -2.69. The van der Waals surface area contributed by atoms with Crippen molar-refractivity contribution >= 4 is 32.9 Å². The first-order valence-electron chi connectivity index (χ1n) is 12.5. The second-order valence-corrected chi connectivity index (χ2v) is 21.2. The number of aliphatic hydroxyl groups is 1. The predicted octanol–water partition coefficient (Wildman–Crippen LogP) is 4.70. The molecule has 1 amide bonds. The lowest BCUT2D eigenvalue weighted by molar-refractivity contribution is 0.0424. The zero-order chi connectivity index (χ0) is 27.2. The first-order valence-corrected chi connectivity index (χ1v) is 17.9. The summed E-state index contributed by atoms with van der Waals surface area (Å²) in [4.78, 5) is 12.7. The summed E-state index contributed by atoms with van der Waals surface area (Å²) in [6, 6.07) is 19.8. The van der Waals surface area contributed by atoms with E-state index in [1.807, 2.05) is 57.2 Å². The topological polar surface area (TPSA) is 67.8 Å². The number of aliphatic hydroxyl groups excluding tert-OH is 1. The van der Waals surface area contributed by atoms with Crippen molar-refractivity contribution in [2.75, 3.05) is 6.61 Å². The summed E-state index contributed by atoms with van der Waals surface area (Å²) < 4.78 is 12.7. The van der Waals surface area contributed by atoms with E-state index in [4.69, 9.17) is 9.16 Å². The number of hydrogen-bond acceptors (Lipinski definition) is 4. The second-order valence-electron chi connectivity index (χ2n) is 12.2. The average Bonchev–Trinajstić information content (AvgIpc) is 2.76. The minimum Gasteiger partial charge on any atom is -0.444 e. The molecule has 7 heteroatoms. The lowest BCUT2D eigenvalue weighted by Gasteiger charge is -2.45. The maximum atomic E-state index is 12.7. The van der Waals surface area contributed by atoms with Crippen molar-refractivity contribution < 1.29 is 19.1 Å².